The fourth-order valence-electron chi connectivity index (χ4n) is 2.71. The van der Waals surface area contributed by atoms with Crippen molar-refractivity contribution in [1.29, 1.82) is 0 Å². The smallest absolute Gasteiger partial charge is 0.317 e. The van der Waals surface area contributed by atoms with E-state index in [4.69, 9.17) is 4.74 Å². The lowest BCUT2D eigenvalue weighted by Crippen LogP contribution is -2.53. The van der Waals surface area contributed by atoms with Gasteiger partial charge < -0.3 is 20.1 Å². The molecule has 0 aromatic carbocycles. The van der Waals surface area contributed by atoms with E-state index in [-0.39, 0.29) is 12.1 Å². The summed E-state index contributed by atoms with van der Waals surface area (Å²) in [6.45, 7) is 4.49. The zero-order chi connectivity index (χ0) is 13.0. The Balaban J connectivity index is 1.83. The van der Waals surface area contributed by atoms with Crippen molar-refractivity contribution >= 4 is 6.03 Å². The lowest BCUT2D eigenvalue weighted by Gasteiger charge is -2.37. The van der Waals surface area contributed by atoms with E-state index in [9.17, 15) is 9.90 Å². The van der Waals surface area contributed by atoms with Crippen LogP contribution in [-0.4, -0.2) is 54.0 Å². The molecule has 0 aliphatic carbocycles. The van der Waals surface area contributed by atoms with Crippen LogP contribution in [0.3, 0.4) is 0 Å². The molecule has 18 heavy (non-hydrogen) atoms. The Bertz CT molecular complexity index is 286. The molecule has 2 aliphatic heterocycles. The number of piperidine rings is 1. The van der Waals surface area contributed by atoms with Gasteiger partial charge in [-0.15, -0.1) is 0 Å². The van der Waals surface area contributed by atoms with Crippen LogP contribution in [0, 0.1) is 0 Å². The quantitative estimate of drug-likeness (QED) is 0.739. The summed E-state index contributed by atoms with van der Waals surface area (Å²) in [6.07, 6.45) is 4.51. The maximum atomic E-state index is 12.1. The van der Waals surface area contributed by atoms with Crippen LogP contribution >= 0.6 is 0 Å². The topological polar surface area (TPSA) is 61.8 Å². The first-order valence-corrected chi connectivity index (χ1v) is 6.92. The van der Waals surface area contributed by atoms with Crippen LogP contribution in [0.2, 0.25) is 0 Å². The number of hydrogen-bond acceptors (Lipinski definition) is 3. The number of carbonyl (C=O) groups is 1. The molecule has 2 rings (SSSR count). The number of hydrogen-bond donors (Lipinski definition) is 2. The predicted octanol–water partition coefficient (Wildman–Crippen LogP) is 1.11. The number of amides is 2. The minimum atomic E-state index is -0.734. The summed E-state index contributed by atoms with van der Waals surface area (Å²) in [5.74, 6) is 0. The van der Waals surface area contributed by atoms with Crippen molar-refractivity contribution in [3.05, 3.63) is 0 Å². The third kappa shape index (κ3) is 3.85. The van der Waals surface area contributed by atoms with Crippen LogP contribution in [0.25, 0.3) is 0 Å². The van der Waals surface area contributed by atoms with Gasteiger partial charge in [0, 0.05) is 25.8 Å². The van der Waals surface area contributed by atoms with Crippen LogP contribution < -0.4 is 5.32 Å². The number of urea groups is 1. The molecule has 2 amide bonds. The SMILES string of the molecule is C[C@@]1(O)CCCN(C(=O)N[C@@H]2CCCOCC2)C1. The highest BCUT2D eigenvalue weighted by atomic mass is 16.5. The van der Waals surface area contributed by atoms with Crippen molar-refractivity contribution in [1.82, 2.24) is 10.2 Å². The van der Waals surface area contributed by atoms with E-state index in [0.717, 1.165) is 51.9 Å². The van der Waals surface area contributed by atoms with Gasteiger partial charge in [-0.3, -0.25) is 0 Å². The number of nitrogens with zero attached hydrogens (tertiary/aromatic N) is 1. The van der Waals surface area contributed by atoms with Gasteiger partial charge in [0.25, 0.3) is 0 Å². The molecule has 0 radical (unpaired) electrons. The van der Waals surface area contributed by atoms with Crippen LogP contribution in [0.4, 0.5) is 4.79 Å². The highest BCUT2D eigenvalue weighted by molar-refractivity contribution is 5.74. The Morgan fingerprint density at radius 2 is 2.22 bits per heavy atom. The number of nitrogens with one attached hydrogen (secondary N) is 1. The van der Waals surface area contributed by atoms with Crippen molar-refractivity contribution in [2.45, 2.75) is 50.7 Å². The fraction of sp³-hybridized carbons (Fsp3) is 0.923. The average Bonchev–Trinajstić information content (AvgIpc) is 2.56. The Hall–Kier alpha value is -0.810. The summed E-state index contributed by atoms with van der Waals surface area (Å²) in [7, 11) is 0. The van der Waals surface area contributed by atoms with Gasteiger partial charge in [0.15, 0.2) is 0 Å². The molecule has 0 aromatic rings. The number of carbonyl (C=O) groups excluding carboxylic acids is 1. The zero-order valence-electron chi connectivity index (χ0n) is 11.2. The second-order valence-electron chi connectivity index (χ2n) is 5.71. The summed E-state index contributed by atoms with van der Waals surface area (Å²) in [5.41, 5.74) is -0.734. The maximum Gasteiger partial charge on any atom is 0.317 e. The van der Waals surface area contributed by atoms with Gasteiger partial charge in [-0.2, -0.15) is 0 Å². The molecule has 5 heteroatoms. The van der Waals surface area contributed by atoms with Crippen molar-refractivity contribution in [2.24, 2.45) is 0 Å². The summed E-state index contributed by atoms with van der Waals surface area (Å²) >= 11 is 0. The Morgan fingerprint density at radius 3 is 3.00 bits per heavy atom. The summed E-state index contributed by atoms with van der Waals surface area (Å²) in [5, 5.41) is 13.1. The molecule has 2 N–H and O–H groups in total. The average molecular weight is 256 g/mol. The van der Waals surface area contributed by atoms with Crippen LogP contribution in [0.15, 0.2) is 0 Å². The third-order valence-corrected chi connectivity index (χ3v) is 3.74. The van der Waals surface area contributed by atoms with Gasteiger partial charge in [-0.1, -0.05) is 0 Å². The third-order valence-electron chi connectivity index (χ3n) is 3.74. The molecule has 0 aromatic heterocycles. The predicted molar refractivity (Wildman–Crippen MR) is 68.4 cm³/mol. The van der Waals surface area contributed by atoms with Crippen molar-refractivity contribution in [2.75, 3.05) is 26.3 Å². The molecule has 2 aliphatic rings. The maximum absolute atomic E-state index is 12.1. The number of β-amino-alcohol motifs (C(OH)–C–C–N with tert-alkyl or cyclic N) is 1. The highest BCUT2D eigenvalue weighted by Crippen LogP contribution is 2.20. The molecule has 2 heterocycles. The van der Waals surface area contributed by atoms with E-state index in [1.807, 2.05) is 0 Å². The highest BCUT2D eigenvalue weighted by Gasteiger charge is 2.31. The molecule has 2 fully saturated rings. The van der Waals surface area contributed by atoms with Gasteiger partial charge in [0.2, 0.25) is 0 Å². The van der Waals surface area contributed by atoms with Crippen molar-refractivity contribution in [3.63, 3.8) is 0 Å². The molecule has 0 saturated carbocycles. The van der Waals surface area contributed by atoms with E-state index in [0.29, 0.717) is 6.54 Å². The van der Waals surface area contributed by atoms with Crippen LogP contribution in [0.1, 0.15) is 39.0 Å². The van der Waals surface area contributed by atoms with E-state index < -0.39 is 5.60 Å². The molecule has 104 valence electrons. The first kappa shape index (κ1) is 13.6. The minimum Gasteiger partial charge on any atom is -0.388 e. The van der Waals surface area contributed by atoms with Gasteiger partial charge in [0.1, 0.15) is 0 Å². The van der Waals surface area contributed by atoms with Crippen molar-refractivity contribution < 1.29 is 14.6 Å². The van der Waals surface area contributed by atoms with Crippen LogP contribution in [-0.2, 0) is 4.74 Å². The number of aliphatic hydroxyl groups is 1. The Labute approximate surface area is 108 Å². The molecule has 2 atom stereocenters. The summed E-state index contributed by atoms with van der Waals surface area (Å²) in [4.78, 5) is 13.9. The second kappa shape index (κ2) is 5.89. The number of rotatable bonds is 1. The molecule has 0 spiro atoms. The standard InChI is InChI=1S/C13H24N2O3/c1-13(17)6-3-7-15(10-13)12(16)14-11-4-2-8-18-9-5-11/h11,17H,2-10H2,1H3,(H,14,16)/t11-,13-/m1/s1. The Kier molecular flexibility index (Phi) is 4.45. The van der Waals surface area contributed by atoms with Gasteiger partial charge in [-0.05, 0) is 39.0 Å². The van der Waals surface area contributed by atoms with Gasteiger partial charge >= 0.3 is 6.03 Å². The van der Waals surface area contributed by atoms with E-state index in [2.05, 4.69) is 5.32 Å². The molecular formula is C13H24N2O3. The lowest BCUT2D eigenvalue weighted by molar-refractivity contribution is -0.00293. The summed E-state index contributed by atoms with van der Waals surface area (Å²) < 4.78 is 5.38. The monoisotopic (exact) mass is 256 g/mol. The number of ether oxygens (including phenoxy) is 1. The van der Waals surface area contributed by atoms with E-state index in [1.54, 1.807) is 11.8 Å². The van der Waals surface area contributed by atoms with Gasteiger partial charge in [0.05, 0.1) is 12.1 Å². The molecular weight excluding hydrogens is 232 g/mol. The van der Waals surface area contributed by atoms with Crippen molar-refractivity contribution in [3.8, 4) is 0 Å². The van der Waals surface area contributed by atoms with Crippen LogP contribution in [0.5, 0.6) is 0 Å². The normalized spacial score (nSPS) is 33.9. The number of likely N-dealkylation sites (tertiary alicyclic amines) is 1. The lowest BCUT2D eigenvalue weighted by atomic mass is 9.95. The molecule has 2 saturated heterocycles. The minimum absolute atomic E-state index is 0.0399. The van der Waals surface area contributed by atoms with Gasteiger partial charge in [-0.25, -0.2) is 4.79 Å². The van der Waals surface area contributed by atoms with E-state index in [1.165, 1.54) is 0 Å². The first-order valence-electron chi connectivity index (χ1n) is 6.92. The molecule has 0 unspecified atom stereocenters. The summed E-state index contributed by atoms with van der Waals surface area (Å²) in [6, 6.07) is 0.175. The second-order valence-corrected chi connectivity index (χ2v) is 5.71. The Morgan fingerprint density at radius 1 is 1.39 bits per heavy atom. The first-order chi connectivity index (χ1) is 8.57. The zero-order valence-corrected chi connectivity index (χ0v) is 11.2. The molecule has 5 nitrogen and oxygen atoms in total. The van der Waals surface area contributed by atoms with E-state index >= 15 is 0 Å². The fourth-order valence-corrected chi connectivity index (χ4v) is 2.71. The largest absolute Gasteiger partial charge is 0.388 e. The molecule has 0 bridgehead atoms.